The molecule has 0 aliphatic carbocycles. The quantitative estimate of drug-likeness (QED) is 0.882. The summed E-state index contributed by atoms with van der Waals surface area (Å²) in [4.78, 5) is 10.9. The van der Waals surface area contributed by atoms with Crippen LogP contribution in [0.1, 0.15) is 31.1 Å². The third-order valence-electron chi connectivity index (χ3n) is 2.59. The molecule has 0 amide bonds. The average Bonchev–Trinajstić information content (AvgIpc) is 2.78. The van der Waals surface area contributed by atoms with Crippen molar-refractivity contribution in [2.24, 2.45) is 0 Å². The predicted octanol–water partition coefficient (Wildman–Crippen LogP) is 2.40. The summed E-state index contributed by atoms with van der Waals surface area (Å²) >= 11 is 0. The van der Waals surface area contributed by atoms with Gasteiger partial charge in [0.25, 0.3) is 0 Å². The first-order valence-electron chi connectivity index (χ1n) is 5.64. The van der Waals surface area contributed by atoms with Gasteiger partial charge >= 0.3 is 5.97 Å². The van der Waals surface area contributed by atoms with E-state index in [2.05, 4.69) is 10.3 Å². The van der Waals surface area contributed by atoms with E-state index in [0.717, 1.165) is 5.56 Å². The Morgan fingerprint density at radius 2 is 2.06 bits per heavy atom. The van der Waals surface area contributed by atoms with Gasteiger partial charge in [-0.25, -0.2) is 9.48 Å². The van der Waals surface area contributed by atoms with Gasteiger partial charge in [-0.15, -0.1) is 5.10 Å². The second kappa shape index (κ2) is 4.25. The molecule has 0 saturated carbocycles. The number of aromatic nitrogens is 3. The Labute approximate surface area is 105 Å². The van der Waals surface area contributed by atoms with E-state index in [0.29, 0.717) is 5.69 Å². The zero-order valence-electron chi connectivity index (χ0n) is 10.6. The summed E-state index contributed by atoms with van der Waals surface area (Å²) in [7, 11) is 0. The largest absolute Gasteiger partial charge is 0.478 e. The number of rotatable bonds is 2. The monoisotopic (exact) mass is 245 g/mol. The number of carboxylic acids is 1. The van der Waals surface area contributed by atoms with E-state index >= 15 is 0 Å². The zero-order chi connectivity index (χ0) is 13.3. The highest BCUT2D eigenvalue weighted by Crippen LogP contribution is 2.20. The van der Waals surface area contributed by atoms with Crippen LogP contribution in [0, 0.1) is 0 Å². The van der Waals surface area contributed by atoms with Crippen molar-refractivity contribution in [3.63, 3.8) is 0 Å². The molecule has 0 fully saturated rings. The minimum absolute atomic E-state index is 0.143. The molecule has 1 N–H and O–H groups in total. The smallest absolute Gasteiger partial charge is 0.335 e. The first kappa shape index (κ1) is 12.3. The van der Waals surface area contributed by atoms with Crippen molar-refractivity contribution in [2.45, 2.75) is 26.3 Å². The lowest BCUT2D eigenvalue weighted by Gasteiger charge is -2.17. The normalized spacial score (nSPS) is 11.5. The lowest BCUT2D eigenvalue weighted by atomic mass is 10.1. The Balaban J connectivity index is 2.40. The van der Waals surface area contributed by atoms with E-state index in [-0.39, 0.29) is 11.1 Å². The number of carbonyl (C=O) groups is 1. The van der Waals surface area contributed by atoms with Gasteiger partial charge in [0, 0.05) is 5.56 Å². The lowest BCUT2D eigenvalue weighted by molar-refractivity contribution is 0.0697. The fraction of sp³-hybridized carbons (Fsp3) is 0.308. The van der Waals surface area contributed by atoms with Crippen molar-refractivity contribution in [2.75, 3.05) is 0 Å². The summed E-state index contributed by atoms with van der Waals surface area (Å²) in [6.45, 7) is 6.08. The third kappa shape index (κ3) is 2.40. The van der Waals surface area contributed by atoms with E-state index in [1.807, 2.05) is 33.0 Å². The van der Waals surface area contributed by atoms with Crippen LogP contribution in [0.4, 0.5) is 0 Å². The molecular formula is C13H15N3O2. The minimum atomic E-state index is -0.944. The molecule has 5 heteroatoms. The van der Waals surface area contributed by atoms with E-state index in [9.17, 15) is 4.79 Å². The van der Waals surface area contributed by atoms with Crippen LogP contribution < -0.4 is 0 Å². The molecule has 0 saturated heterocycles. The molecule has 2 aromatic rings. The Hall–Kier alpha value is -2.17. The van der Waals surface area contributed by atoms with Crippen LogP contribution in [0.15, 0.2) is 30.5 Å². The topological polar surface area (TPSA) is 68.0 Å². The van der Waals surface area contributed by atoms with Crippen molar-refractivity contribution in [3.05, 3.63) is 36.0 Å². The molecule has 0 bridgehead atoms. The maximum atomic E-state index is 10.9. The number of benzene rings is 1. The van der Waals surface area contributed by atoms with E-state index in [4.69, 9.17) is 5.11 Å². The molecule has 0 atom stereocenters. The first-order valence-corrected chi connectivity index (χ1v) is 5.64. The van der Waals surface area contributed by atoms with Gasteiger partial charge in [-0.1, -0.05) is 17.3 Å². The second-order valence-corrected chi connectivity index (χ2v) is 5.11. The SMILES string of the molecule is CC(C)(C)n1cc(-c2cccc(C(=O)O)c2)nn1. The molecule has 18 heavy (non-hydrogen) atoms. The average molecular weight is 245 g/mol. The van der Waals surface area contributed by atoms with Gasteiger partial charge in [-0.3, -0.25) is 0 Å². The molecule has 0 aliphatic rings. The van der Waals surface area contributed by atoms with E-state index in [1.165, 1.54) is 0 Å². The van der Waals surface area contributed by atoms with Crippen molar-refractivity contribution < 1.29 is 9.90 Å². The zero-order valence-corrected chi connectivity index (χ0v) is 10.6. The van der Waals surface area contributed by atoms with Gasteiger partial charge in [-0.2, -0.15) is 0 Å². The molecule has 5 nitrogen and oxygen atoms in total. The van der Waals surface area contributed by atoms with Gasteiger partial charge in [-0.05, 0) is 32.9 Å². The van der Waals surface area contributed by atoms with Crippen LogP contribution in [-0.2, 0) is 5.54 Å². The molecule has 1 heterocycles. The summed E-state index contributed by atoms with van der Waals surface area (Å²) in [5, 5.41) is 17.1. The highest BCUT2D eigenvalue weighted by Gasteiger charge is 2.16. The third-order valence-corrected chi connectivity index (χ3v) is 2.59. The van der Waals surface area contributed by atoms with Crippen LogP contribution in [0.2, 0.25) is 0 Å². The standard InChI is InChI=1S/C13H15N3O2/c1-13(2,3)16-8-11(14-15-16)9-5-4-6-10(7-9)12(17)18/h4-8H,1-3H3,(H,17,18). The summed E-state index contributed by atoms with van der Waals surface area (Å²) in [6, 6.07) is 6.68. The summed E-state index contributed by atoms with van der Waals surface area (Å²) in [5.41, 5.74) is 1.53. The Morgan fingerprint density at radius 1 is 1.33 bits per heavy atom. The molecule has 0 unspecified atom stereocenters. The Kier molecular flexibility index (Phi) is 2.90. The van der Waals surface area contributed by atoms with Crippen LogP contribution in [0.25, 0.3) is 11.3 Å². The molecule has 1 aromatic carbocycles. The molecule has 0 radical (unpaired) electrons. The molecule has 0 spiro atoms. The van der Waals surface area contributed by atoms with Gasteiger partial charge in [0.15, 0.2) is 0 Å². The Bertz CT molecular complexity index is 582. The highest BCUT2D eigenvalue weighted by molar-refractivity contribution is 5.89. The predicted molar refractivity (Wildman–Crippen MR) is 67.4 cm³/mol. The maximum absolute atomic E-state index is 10.9. The first-order chi connectivity index (χ1) is 8.38. The number of nitrogens with zero attached hydrogens (tertiary/aromatic N) is 3. The molecule has 94 valence electrons. The van der Waals surface area contributed by atoms with E-state index < -0.39 is 5.97 Å². The lowest BCUT2D eigenvalue weighted by Crippen LogP contribution is -2.22. The molecule has 2 rings (SSSR count). The van der Waals surface area contributed by atoms with Crippen molar-refractivity contribution in [1.82, 2.24) is 15.0 Å². The summed E-state index contributed by atoms with van der Waals surface area (Å²) in [6.07, 6.45) is 1.82. The fourth-order valence-electron chi connectivity index (χ4n) is 1.54. The molecule has 1 aromatic heterocycles. The van der Waals surface area contributed by atoms with Crippen LogP contribution in [0.3, 0.4) is 0 Å². The number of carboxylic acid groups (broad SMARTS) is 1. The molecular weight excluding hydrogens is 230 g/mol. The minimum Gasteiger partial charge on any atom is -0.478 e. The second-order valence-electron chi connectivity index (χ2n) is 5.11. The van der Waals surface area contributed by atoms with E-state index in [1.54, 1.807) is 22.9 Å². The van der Waals surface area contributed by atoms with Crippen molar-refractivity contribution in [3.8, 4) is 11.3 Å². The summed E-state index contributed by atoms with van der Waals surface area (Å²) in [5.74, 6) is -0.944. The maximum Gasteiger partial charge on any atom is 0.335 e. The van der Waals surface area contributed by atoms with Crippen molar-refractivity contribution >= 4 is 5.97 Å². The summed E-state index contributed by atoms with van der Waals surface area (Å²) < 4.78 is 1.76. The van der Waals surface area contributed by atoms with Crippen LogP contribution in [-0.4, -0.2) is 26.1 Å². The molecule has 0 aliphatic heterocycles. The number of hydrogen-bond donors (Lipinski definition) is 1. The van der Waals surface area contributed by atoms with Gasteiger partial charge in [0.2, 0.25) is 0 Å². The highest BCUT2D eigenvalue weighted by atomic mass is 16.4. The number of hydrogen-bond acceptors (Lipinski definition) is 3. The fourth-order valence-corrected chi connectivity index (χ4v) is 1.54. The number of aromatic carboxylic acids is 1. The Morgan fingerprint density at radius 3 is 2.61 bits per heavy atom. The van der Waals surface area contributed by atoms with Crippen molar-refractivity contribution in [1.29, 1.82) is 0 Å². The van der Waals surface area contributed by atoms with Crippen LogP contribution >= 0.6 is 0 Å². The van der Waals surface area contributed by atoms with Crippen LogP contribution in [0.5, 0.6) is 0 Å². The van der Waals surface area contributed by atoms with Gasteiger partial charge in [0.1, 0.15) is 5.69 Å². The van der Waals surface area contributed by atoms with Gasteiger partial charge < -0.3 is 5.11 Å². The van der Waals surface area contributed by atoms with Gasteiger partial charge in [0.05, 0.1) is 17.3 Å².